The maximum atomic E-state index is 5.66. The predicted molar refractivity (Wildman–Crippen MR) is 84.1 cm³/mol. The van der Waals surface area contributed by atoms with E-state index in [9.17, 15) is 0 Å². The van der Waals surface area contributed by atoms with Crippen LogP contribution in [0, 0.1) is 0 Å². The van der Waals surface area contributed by atoms with E-state index < -0.39 is 0 Å². The molecule has 0 aliphatic heterocycles. The molecular weight excluding hydrogens is 264 g/mol. The third-order valence-corrected chi connectivity index (χ3v) is 3.84. The van der Waals surface area contributed by atoms with Crippen LogP contribution < -0.4 is 5.32 Å². The van der Waals surface area contributed by atoms with Gasteiger partial charge in [0.25, 0.3) is 0 Å². The van der Waals surface area contributed by atoms with Crippen LogP contribution in [0.4, 0.5) is 0 Å². The van der Waals surface area contributed by atoms with E-state index in [1.165, 1.54) is 51.4 Å². The van der Waals surface area contributed by atoms with Gasteiger partial charge in [-0.15, -0.1) is 5.10 Å². The quantitative estimate of drug-likeness (QED) is 0.568. The first-order chi connectivity index (χ1) is 10.4. The summed E-state index contributed by atoms with van der Waals surface area (Å²) in [6.45, 7) is 5.49. The van der Waals surface area contributed by atoms with Gasteiger partial charge in [-0.3, -0.25) is 0 Å². The number of rotatable bonds is 13. The molecule has 1 aromatic heterocycles. The van der Waals surface area contributed by atoms with E-state index in [4.69, 9.17) is 4.74 Å². The lowest BCUT2D eigenvalue weighted by molar-refractivity contribution is 0.119. The average Bonchev–Trinajstić information content (AvgIpc) is 3.22. The van der Waals surface area contributed by atoms with Crippen LogP contribution in [0.3, 0.4) is 0 Å². The number of nitrogens with zero attached hydrogens (tertiary/aromatic N) is 3. The maximum absolute atomic E-state index is 5.66. The summed E-state index contributed by atoms with van der Waals surface area (Å²) in [7, 11) is 0. The van der Waals surface area contributed by atoms with Gasteiger partial charge in [0.05, 0.1) is 18.8 Å². The van der Waals surface area contributed by atoms with Crippen molar-refractivity contribution < 1.29 is 4.74 Å². The fraction of sp³-hybridized carbons (Fsp3) is 0.875. The summed E-state index contributed by atoms with van der Waals surface area (Å²) in [4.78, 5) is 0. The molecule has 0 bridgehead atoms. The highest BCUT2D eigenvalue weighted by Crippen LogP contribution is 2.18. The van der Waals surface area contributed by atoms with Crippen LogP contribution in [0.2, 0.25) is 0 Å². The van der Waals surface area contributed by atoms with Gasteiger partial charge in [-0.2, -0.15) is 0 Å². The Morgan fingerprint density at radius 2 is 2.00 bits per heavy atom. The smallest absolute Gasteiger partial charge is 0.0964 e. The summed E-state index contributed by atoms with van der Waals surface area (Å²) < 4.78 is 7.54. The molecule has 1 N–H and O–H groups in total. The molecule has 5 nitrogen and oxygen atoms in total. The van der Waals surface area contributed by atoms with Crippen LogP contribution >= 0.6 is 0 Å². The molecule has 1 saturated carbocycles. The van der Waals surface area contributed by atoms with Gasteiger partial charge in [0.2, 0.25) is 0 Å². The molecule has 0 aromatic carbocycles. The molecule has 2 rings (SSSR count). The number of hydrogen-bond acceptors (Lipinski definition) is 4. The Hall–Kier alpha value is -0.940. The highest BCUT2D eigenvalue weighted by atomic mass is 16.5. The van der Waals surface area contributed by atoms with Crippen molar-refractivity contribution in [1.29, 1.82) is 0 Å². The predicted octanol–water partition coefficient (Wildman–Crippen LogP) is 2.91. The molecular formula is C16H30N4O. The van der Waals surface area contributed by atoms with Crippen molar-refractivity contribution >= 4 is 0 Å². The molecule has 1 aromatic rings. The van der Waals surface area contributed by atoms with Gasteiger partial charge in [0.15, 0.2) is 0 Å². The van der Waals surface area contributed by atoms with Gasteiger partial charge in [0.1, 0.15) is 0 Å². The minimum absolute atomic E-state index is 0.718. The van der Waals surface area contributed by atoms with E-state index in [0.29, 0.717) is 0 Å². The zero-order valence-electron chi connectivity index (χ0n) is 13.4. The Bertz CT molecular complexity index is 376. The largest absolute Gasteiger partial charge is 0.380 e. The topological polar surface area (TPSA) is 52.0 Å². The highest BCUT2D eigenvalue weighted by Gasteiger charge is 2.20. The van der Waals surface area contributed by atoms with Gasteiger partial charge in [-0.25, -0.2) is 4.68 Å². The van der Waals surface area contributed by atoms with Crippen LogP contribution in [0.1, 0.15) is 64.0 Å². The van der Waals surface area contributed by atoms with E-state index in [2.05, 4.69) is 22.6 Å². The van der Waals surface area contributed by atoms with Gasteiger partial charge in [-0.05, 0) is 19.3 Å². The Kier molecular flexibility index (Phi) is 7.75. The molecule has 1 heterocycles. The molecule has 120 valence electrons. The van der Waals surface area contributed by atoms with Crippen molar-refractivity contribution in [3.05, 3.63) is 11.9 Å². The SMILES string of the molecule is CCCCCCCCOCCn1cc(CNC2CC2)nn1. The Morgan fingerprint density at radius 3 is 2.81 bits per heavy atom. The number of ether oxygens (including phenoxy) is 1. The minimum Gasteiger partial charge on any atom is -0.380 e. The highest BCUT2D eigenvalue weighted by molar-refractivity contribution is 4.94. The number of aromatic nitrogens is 3. The van der Waals surface area contributed by atoms with E-state index in [1.54, 1.807) is 0 Å². The Balaban J connectivity index is 1.43. The summed E-state index contributed by atoms with van der Waals surface area (Å²) in [5.41, 5.74) is 1.03. The number of unbranched alkanes of at least 4 members (excludes halogenated alkanes) is 5. The van der Waals surface area contributed by atoms with E-state index in [-0.39, 0.29) is 0 Å². The summed E-state index contributed by atoms with van der Waals surface area (Å²) in [6, 6.07) is 0.718. The first kappa shape index (κ1) is 16.4. The molecule has 1 aliphatic carbocycles. The van der Waals surface area contributed by atoms with Crippen molar-refractivity contribution in [3.63, 3.8) is 0 Å². The van der Waals surface area contributed by atoms with Gasteiger partial charge in [-0.1, -0.05) is 44.2 Å². The Morgan fingerprint density at radius 1 is 1.19 bits per heavy atom. The zero-order valence-corrected chi connectivity index (χ0v) is 13.4. The maximum Gasteiger partial charge on any atom is 0.0964 e. The second-order valence-electron chi connectivity index (χ2n) is 6.01. The monoisotopic (exact) mass is 294 g/mol. The first-order valence-electron chi connectivity index (χ1n) is 8.58. The molecule has 0 saturated heterocycles. The molecule has 0 atom stereocenters. The normalized spacial score (nSPS) is 14.7. The molecule has 0 unspecified atom stereocenters. The third kappa shape index (κ3) is 7.58. The standard InChI is InChI=1S/C16H30N4O/c1-2-3-4-5-6-7-11-21-12-10-20-14-16(18-19-20)13-17-15-8-9-15/h14-15,17H,2-13H2,1H3. The number of hydrogen-bond donors (Lipinski definition) is 1. The van der Waals surface area contributed by atoms with Gasteiger partial charge >= 0.3 is 0 Å². The van der Waals surface area contributed by atoms with Crippen LogP contribution in [0.25, 0.3) is 0 Å². The van der Waals surface area contributed by atoms with Crippen molar-refractivity contribution in [3.8, 4) is 0 Å². The summed E-state index contributed by atoms with van der Waals surface area (Å²) in [5, 5.41) is 11.7. The summed E-state index contributed by atoms with van der Waals surface area (Å²) >= 11 is 0. The number of nitrogens with one attached hydrogen (secondary N) is 1. The van der Waals surface area contributed by atoms with Crippen LogP contribution in [0.5, 0.6) is 0 Å². The first-order valence-corrected chi connectivity index (χ1v) is 8.58. The fourth-order valence-corrected chi connectivity index (χ4v) is 2.31. The van der Waals surface area contributed by atoms with Gasteiger partial charge in [0, 0.05) is 25.4 Å². The molecule has 21 heavy (non-hydrogen) atoms. The van der Waals surface area contributed by atoms with Crippen LogP contribution in [0.15, 0.2) is 6.20 Å². The van der Waals surface area contributed by atoms with E-state index in [1.807, 2.05) is 10.9 Å². The summed E-state index contributed by atoms with van der Waals surface area (Å²) in [6.07, 6.45) is 12.5. The van der Waals surface area contributed by atoms with E-state index in [0.717, 1.165) is 38.0 Å². The van der Waals surface area contributed by atoms with E-state index >= 15 is 0 Å². The lowest BCUT2D eigenvalue weighted by Crippen LogP contribution is -2.15. The second kappa shape index (κ2) is 9.90. The molecule has 5 heteroatoms. The van der Waals surface area contributed by atoms with Gasteiger partial charge < -0.3 is 10.1 Å². The molecule has 0 spiro atoms. The minimum atomic E-state index is 0.718. The van der Waals surface area contributed by atoms with Crippen molar-refractivity contribution in [2.45, 2.75) is 77.4 Å². The lowest BCUT2D eigenvalue weighted by atomic mass is 10.1. The van der Waals surface area contributed by atoms with Crippen molar-refractivity contribution in [2.24, 2.45) is 0 Å². The molecule has 1 fully saturated rings. The molecule has 1 aliphatic rings. The molecule has 0 radical (unpaired) electrons. The molecule has 0 amide bonds. The average molecular weight is 294 g/mol. The third-order valence-electron chi connectivity index (χ3n) is 3.84. The second-order valence-corrected chi connectivity index (χ2v) is 6.01. The van der Waals surface area contributed by atoms with Crippen LogP contribution in [-0.4, -0.2) is 34.2 Å². The lowest BCUT2D eigenvalue weighted by Gasteiger charge is -2.04. The fourth-order valence-electron chi connectivity index (χ4n) is 2.31. The van der Waals surface area contributed by atoms with Crippen molar-refractivity contribution in [2.75, 3.05) is 13.2 Å². The van der Waals surface area contributed by atoms with Crippen molar-refractivity contribution in [1.82, 2.24) is 20.3 Å². The Labute approximate surface area is 128 Å². The van der Waals surface area contributed by atoms with Crippen LogP contribution in [-0.2, 0) is 17.8 Å². The summed E-state index contributed by atoms with van der Waals surface area (Å²) in [5.74, 6) is 0. The zero-order chi connectivity index (χ0) is 14.8.